The summed E-state index contributed by atoms with van der Waals surface area (Å²) >= 11 is 3.54. The number of aromatic nitrogens is 3. The Morgan fingerprint density at radius 1 is 1.08 bits per heavy atom. The summed E-state index contributed by atoms with van der Waals surface area (Å²) in [6, 6.07) is 5.57. The van der Waals surface area contributed by atoms with Crippen molar-refractivity contribution >= 4 is 44.8 Å². The molecule has 3 aromatic rings. The van der Waals surface area contributed by atoms with Gasteiger partial charge in [-0.05, 0) is 31.0 Å². The molecule has 0 saturated carbocycles. The van der Waals surface area contributed by atoms with Gasteiger partial charge in [0.1, 0.15) is 0 Å². The van der Waals surface area contributed by atoms with Crippen LogP contribution in [0.5, 0.6) is 0 Å². The van der Waals surface area contributed by atoms with Crippen LogP contribution in [0.2, 0.25) is 0 Å². The van der Waals surface area contributed by atoms with Gasteiger partial charge < -0.3 is 25.3 Å². The molecule has 1 saturated heterocycles. The molecule has 10 nitrogen and oxygen atoms in total. The van der Waals surface area contributed by atoms with E-state index in [-0.39, 0.29) is 17.9 Å². The number of piperidine rings is 1. The van der Waals surface area contributed by atoms with E-state index < -0.39 is 0 Å². The number of fused-ring (bicyclic) bond motifs is 1. The minimum absolute atomic E-state index is 0.00833. The number of anilines is 3. The van der Waals surface area contributed by atoms with Crippen molar-refractivity contribution in [3.05, 3.63) is 63.6 Å². The van der Waals surface area contributed by atoms with Crippen LogP contribution in [0.4, 0.5) is 17.1 Å². The Morgan fingerprint density at radius 2 is 1.87 bits per heavy atom. The van der Waals surface area contributed by atoms with Gasteiger partial charge in [0, 0.05) is 89.3 Å². The molecule has 11 heteroatoms. The van der Waals surface area contributed by atoms with Gasteiger partial charge in [-0.3, -0.25) is 19.3 Å². The third kappa shape index (κ3) is 5.45. The van der Waals surface area contributed by atoms with E-state index in [1.165, 1.54) is 0 Å². The van der Waals surface area contributed by atoms with Crippen molar-refractivity contribution in [1.29, 1.82) is 0 Å². The lowest BCUT2D eigenvalue weighted by Gasteiger charge is -2.40. The molecule has 1 fully saturated rings. The van der Waals surface area contributed by atoms with E-state index in [4.69, 9.17) is 5.73 Å². The molecule has 0 unspecified atom stereocenters. The summed E-state index contributed by atoms with van der Waals surface area (Å²) in [5.41, 5.74) is 11.9. The van der Waals surface area contributed by atoms with Crippen LogP contribution in [0.3, 0.4) is 0 Å². The number of rotatable bonds is 5. The predicted octanol–water partition coefficient (Wildman–Crippen LogP) is 3.17. The fraction of sp³-hybridized carbons (Fsp3) is 0.429. The van der Waals surface area contributed by atoms with Gasteiger partial charge in [-0.25, -0.2) is 0 Å². The molecule has 206 valence electrons. The van der Waals surface area contributed by atoms with Gasteiger partial charge in [0.15, 0.2) is 0 Å². The Balaban J connectivity index is 1.38. The van der Waals surface area contributed by atoms with E-state index >= 15 is 0 Å². The lowest BCUT2D eigenvalue weighted by molar-refractivity contribution is 0.0702. The summed E-state index contributed by atoms with van der Waals surface area (Å²) in [6.45, 7) is 2.33. The predicted molar refractivity (Wildman–Crippen MR) is 156 cm³/mol. The SMILES string of the molecule is CN(C)c1cncc(C(=O)N2CCC[C@@H](N(C)c3c(N)cc(Br)cc3C(=O)N3CCc4nn(C)cc4C3)C2)c1. The average molecular weight is 596 g/mol. The number of likely N-dealkylation sites (N-methyl/N-ethyl adjacent to an activating group) is 1. The van der Waals surface area contributed by atoms with Gasteiger partial charge in [0.05, 0.1) is 40.1 Å². The van der Waals surface area contributed by atoms with Crippen LogP contribution in [-0.4, -0.2) is 83.2 Å². The van der Waals surface area contributed by atoms with Crippen molar-refractivity contribution in [2.45, 2.75) is 31.8 Å². The largest absolute Gasteiger partial charge is 0.397 e. The Hall–Kier alpha value is -3.60. The zero-order chi connectivity index (χ0) is 27.8. The third-order valence-corrected chi connectivity index (χ3v) is 8.12. The molecule has 0 bridgehead atoms. The normalized spacial score (nSPS) is 17.1. The number of nitrogens with two attached hydrogens (primary N) is 1. The number of likely N-dealkylation sites (tertiary alicyclic amines) is 1. The minimum atomic E-state index is -0.0605. The second-order valence-electron chi connectivity index (χ2n) is 10.6. The maximum absolute atomic E-state index is 13.9. The first-order valence-electron chi connectivity index (χ1n) is 13.2. The van der Waals surface area contributed by atoms with Crippen molar-refractivity contribution in [2.75, 3.05) is 56.3 Å². The summed E-state index contributed by atoms with van der Waals surface area (Å²) < 4.78 is 2.56. The quantitative estimate of drug-likeness (QED) is 0.452. The average Bonchev–Trinajstić information content (AvgIpc) is 3.30. The van der Waals surface area contributed by atoms with Crippen molar-refractivity contribution in [3.8, 4) is 0 Å². The number of nitrogens with zero attached hydrogens (tertiary/aromatic N) is 7. The van der Waals surface area contributed by atoms with Gasteiger partial charge >= 0.3 is 0 Å². The Morgan fingerprint density at radius 3 is 2.64 bits per heavy atom. The summed E-state index contributed by atoms with van der Waals surface area (Å²) in [7, 11) is 7.73. The molecule has 2 amide bonds. The van der Waals surface area contributed by atoms with Crippen LogP contribution >= 0.6 is 15.9 Å². The van der Waals surface area contributed by atoms with Crippen molar-refractivity contribution in [1.82, 2.24) is 24.6 Å². The minimum Gasteiger partial charge on any atom is -0.397 e. The Labute approximate surface area is 237 Å². The summed E-state index contributed by atoms with van der Waals surface area (Å²) in [6.07, 6.45) is 7.82. The van der Waals surface area contributed by atoms with Gasteiger partial charge in [0.25, 0.3) is 11.8 Å². The smallest absolute Gasteiger partial charge is 0.256 e. The lowest BCUT2D eigenvalue weighted by atomic mass is 10.00. The number of hydrogen-bond acceptors (Lipinski definition) is 7. The summed E-state index contributed by atoms with van der Waals surface area (Å²) in [5.74, 6) is -0.0976. The molecule has 2 aliphatic rings. The van der Waals surface area contributed by atoms with Crippen LogP contribution in [0.25, 0.3) is 0 Å². The van der Waals surface area contributed by atoms with Crippen LogP contribution in [0.1, 0.15) is 44.8 Å². The van der Waals surface area contributed by atoms with Crippen molar-refractivity contribution < 1.29 is 9.59 Å². The van der Waals surface area contributed by atoms with E-state index in [0.29, 0.717) is 48.7 Å². The maximum atomic E-state index is 13.9. The first-order chi connectivity index (χ1) is 18.6. The number of amides is 2. The van der Waals surface area contributed by atoms with Gasteiger partial charge in [-0.2, -0.15) is 5.10 Å². The number of aryl methyl sites for hydroxylation is 1. The highest BCUT2D eigenvalue weighted by atomic mass is 79.9. The fourth-order valence-electron chi connectivity index (χ4n) is 5.58. The second-order valence-corrected chi connectivity index (χ2v) is 11.5. The zero-order valence-electron chi connectivity index (χ0n) is 22.9. The number of benzene rings is 1. The number of pyridine rings is 1. The lowest BCUT2D eigenvalue weighted by Crippen LogP contribution is -2.49. The highest BCUT2D eigenvalue weighted by molar-refractivity contribution is 9.10. The molecule has 4 heterocycles. The van der Waals surface area contributed by atoms with Crippen molar-refractivity contribution in [2.24, 2.45) is 7.05 Å². The molecule has 5 rings (SSSR count). The fourth-order valence-corrected chi connectivity index (χ4v) is 6.06. The van der Waals surface area contributed by atoms with Crippen LogP contribution < -0.4 is 15.5 Å². The maximum Gasteiger partial charge on any atom is 0.256 e. The number of hydrogen-bond donors (Lipinski definition) is 1. The highest BCUT2D eigenvalue weighted by Gasteiger charge is 2.32. The molecule has 39 heavy (non-hydrogen) atoms. The van der Waals surface area contributed by atoms with Crippen molar-refractivity contribution in [3.63, 3.8) is 0 Å². The molecular formula is C28H35BrN8O2. The molecule has 2 aromatic heterocycles. The summed E-state index contributed by atoms with van der Waals surface area (Å²) in [5, 5.41) is 4.51. The highest BCUT2D eigenvalue weighted by Crippen LogP contribution is 2.35. The number of nitrogen functional groups attached to an aromatic ring is 1. The Bertz CT molecular complexity index is 1400. The van der Waals surface area contributed by atoms with Gasteiger partial charge in [-0.1, -0.05) is 15.9 Å². The van der Waals surface area contributed by atoms with Gasteiger partial charge in [0.2, 0.25) is 0 Å². The first kappa shape index (κ1) is 27.0. The Kier molecular flexibility index (Phi) is 7.53. The number of carbonyl (C=O) groups is 2. The van der Waals surface area contributed by atoms with E-state index in [0.717, 1.165) is 40.7 Å². The van der Waals surface area contributed by atoms with E-state index in [1.807, 2.05) is 67.3 Å². The summed E-state index contributed by atoms with van der Waals surface area (Å²) in [4.78, 5) is 39.4. The van der Waals surface area contributed by atoms with Crippen LogP contribution in [0, 0.1) is 0 Å². The molecule has 0 radical (unpaired) electrons. The van der Waals surface area contributed by atoms with E-state index in [1.54, 1.807) is 17.1 Å². The topological polar surface area (TPSA) is 104 Å². The van der Waals surface area contributed by atoms with Crippen LogP contribution in [0.15, 0.2) is 41.3 Å². The molecule has 1 atom stereocenters. The van der Waals surface area contributed by atoms with E-state index in [9.17, 15) is 9.59 Å². The molecule has 0 spiro atoms. The van der Waals surface area contributed by atoms with E-state index in [2.05, 4.69) is 30.9 Å². The molecule has 1 aromatic carbocycles. The number of halogens is 1. The molecule has 2 N–H and O–H groups in total. The zero-order valence-corrected chi connectivity index (χ0v) is 24.5. The first-order valence-corrected chi connectivity index (χ1v) is 14.0. The molecule has 0 aliphatic carbocycles. The van der Waals surface area contributed by atoms with Gasteiger partial charge in [-0.15, -0.1) is 0 Å². The molecular weight excluding hydrogens is 560 g/mol. The second kappa shape index (κ2) is 10.9. The standard InChI is InChI=1S/C28H35BrN8O2/c1-33(2)22-10-18(13-31-14-22)27(38)36-8-5-6-21(17-36)35(4)26-23(11-20(29)12-24(26)30)28(39)37-9-7-25-19(16-37)15-34(3)32-25/h10-15,21H,5-9,16-17,30H2,1-4H3/t21-/m1/s1. The monoisotopic (exact) mass is 594 g/mol. The number of carbonyl (C=O) groups excluding carboxylic acids is 2. The third-order valence-electron chi connectivity index (χ3n) is 7.66. The molecule has 2 aliphatic heterocycles. The van der Waals surface area contributed by atoms with Crippen LogP contribution in [-0.2, 0) is 20.0 Å².